The summed E-state index contributed by atoms with van der Waals surface area (Å²) in [4.78, 5) is 36.8. The molecule has 0 atom stereocenters. The van der Waals surface area contributed by atoms with E-state index in [1.807, 2.05) is 12.1 Å². The van der Waals surface area contributed by atoms with Gasteiger partial charge in [0.05, 0.1) is 0 Å². The van der Waals surface area contributed by atoms with E-state index >= 15 is 0 Å². The molecule has 0 aliphatic carbocycles. The van der Waals surface area contributed by atoms with E-state index in [1.165, 1.54) is 18.7 Å². The van der Waals surface area contributed by atoms with Gasteiger partial charge in [0.15, 0.2) is 17.6 Å². The number of nitrogens with zero attached hydrogens (tertiary/aromatic N) is 1. The molecule has 0 saturated carbocycles. The molecule has 1 aliphatic heterocycles. The SMILES string of the molecule is CC(=O)C(C(C)=O)N1C(=O)CCc2cc(Br)ccc21. The van der Waals surface area contributed by atoms with Crippen LogP contribution in [0.2, 0.25) is 0 Å². The van der Waals surface area contributed by atoms with E-state index < -0.39 is 6.04 Å². The molecule has 4 nitrogen and oxygen atoms in total. The van der Waals surface area contributed by atoms with Crippen LogP contribution in [0.4, 0.5) is 5.69 Å². The topological polar surface area (TPSA) is 54.5 Å². The number of rotatable bonds is 3. The highest BCUT2D eigenvalue weighted by Crippen LogP contribution is 2.32. The van der Waals surface area contributed by atoms with Crippen LogP contribution in [0.15, 0.2) is 22.7 Å². The van der Waals surface area contributed by atoms with E-state index in [-0.39, 0.29) is 17.5 Å². The first-order valence-corrected chi connectivity index (χ1v) is 6.82. The number of carbonyl (C=O) groups excluding carboxylic acids is 3. The molecular weight excluding hydrogens is 310 g/mol. The summed E-state index contributed by atoms with van der Waals surface area (Å²) < 4.78 is 0.919. The molecule has 0 N–H and O–H groups in total. The maximum absolute atomic E-state index is 12.1. The number of ketones is 2. The number of aryl methyl sites for hydroxylation is 1. The van der Waals surface area contributed by atoms with Gasteiger partial charge in [0.2, 0.25) is 5.91 Å². The van der Waals surface area contributed by atoms with Crippen molar-refractivity contribution < 1.29 is 14.4 Å². The van der Waals surface area contributed by atoms with Crippen LogP contribution < -0.4 is 4.90 Å². The van der Waals surface area contributed by atoms with Gasteiger partial charge in [0.1, 0.15) is 0 Å². The predicted molar refractivity (Wildman–Crippen MR) is 75.1 cm³/mol. The van der Waals surface area contributed by atoms with E-state index in [2.05, 4.69) is 15.9 Å². The van der Waals surface area contributed by atoms with Crippen molar-refractivity contribution >= 4 is 39.1 Å². The number of carbonyl (C=O) groups is 3. The minimum absolute atomic E-state index is 0.176. The molecule has 0 aromatic heterocycles. The van der Waals surface area contributed by atoms with Gasteiger partial charge >= 0.3 is 0 Å². The number of hydrogen-bond acceptors (Lipinski definition) is 3. The summed E-state index contributed by atoms with van der Waals surface area (Å²) in [5.41, 5.74) is 1.64. The Balaban J connectivity index is 2.54. The lowest BCUT2D eigenvalue weighted by molar-refractivity contribution is -0.130. The van der Waals surface area contributed by atoms with Crippen LogP contribution in [-0.2, 0) is 20.8 Å². The summed E-state index contributed by atoms with van der Waals surface area (Å²) in [6, 6.07) is 4.50. The number of fused-ring (bicyclic) bond motifs is 1. The Morgan fingerprint density at radius 2 is 1.84 bits per heavy atom. The molecule has 1 aromatic carbocycles. The van der Waals surface area contributed by atoms with Crippen molar-refractivity contribution in [2.24, 2.45) is 0 Å². The van der Waals surface area contributed by atoms with E-state index in [0.29, 0.717) is 18.5 Å². The van der Waals surface area contributed by atoms with Gasteiger partial charge in [-0.1, -0.05) is 15.9 Å². The van der Waals surface area contributed by atoms with E-state index in [0.717, 1.165) is 10.0 Å². The average molecular weight is 324 g/mol. The first-order valence-electron chi connectivity index (χ1n) is 6.03. The summed E-state index contributed by atoms with van der Waals surface area (Å²) >= 11 is 3.38. The number of amides is 1. The van der Waals surface area contributed by atoms with Crippen molar-refractivity contribution in [2.75, 3.05) is 4.90 Å². The normalized spacial score (nSPS) is 14.5. The van der Waals surface area contributed by atoms with Gasteiger partial charge in [0.25, 0.3) is 0 Å². The Morgan fingerprint density at radius 3 is 2.42 bits per heavy atom. The summed E-state index contributed by atoms with van der Waals surface area (Å²) in [6.07, 6.45) is 0.952. The van der Waals surface area contributed by atoms with Gasteiger partial charge in [0, 0.05) is 16.6 Å². The third-order valence-corrected chi connectivity index (χ3v) is 3.70. The minimum Gasteiger partial charge on any atom is -0.297 e. The molecule has 0 bridgehead atoms. The maximum atomic E-state index is 12.1. The second kappa shape index (κ2) is 5.25. The van der Waals surface area contributed by atoms with Crippen LogP contribution in [-0.4, -0.2) is 23.5 Å². The van der Waals surface area contributed by atoms with Gasteiger partial charge < -0.3 is 0 Å². The number of Topliss-reactive ketones (excluding diaryl/α,β-unsaturated/α-hetero) is 2. The zero-order valence-corrected chi connectivity index (χ0v) is 12.4. The first kappa shape index (κ1) is 13.9. The highest BCUT2D eigenvalue weighted by atomic mass is 79.9. The molecule has 100 valence electrons. The molecule has 1 amide bonds. The van der Waals surface area contributed by atoms with Crippen molar-refractivity contribution in [3.05, 3.63) is 28.2 Å². The van der Waals surface area contributed by atoms with Gasteiger partial charge in [-0.2, -0.15) is 0 Å². The lowest BCUT2D eigenvalue weighted by Crippen LogP contribution is -2.50. The summed E-state index contributed by atoms with van der Waals surface area (Å²) in [6.45, 7) is 2.68. The van der Waals surface area contributed by atoms with Crippen molar-refractivity contribution in [2.45, 2.75) is 32.7 Å². The molecule has 2 rings (SSSR count). The molecule has 5 heteroatoms. The largest absolute Gasteiger partial charge is 0.297 e. The Hall–Kier alpha value is -1.49. The van der Waals surface area contributed by atoms with Gasteiger partial charge in [-0.05, 0) is 44.0 Å². The van der Waals surface area contributed by atoms with Crippen molar-refractivity contribution in [1.82, 2.24) is 0 Å². The number of benzene rings is 1. The second-order valence-corrected chi connectivity index (χ2v) is 5.58. The van der Waals surface area contributed by atoms with Crippen molar-refractivity contribution in [3.8, 4) is 0 Å². The highest BCUT2D eigenvalue weighted by molar-refractivity contribution is 9.10. The molecule has 1 aliphatic rings. The van der Waals surface area contributed by atoms with E-state index in [1.54, 1.807) is 6.07 Å². The number of hydrogen-bond donors (Lipinski definition) is 0. The Bertz CT molecular complexity index is 554. The zero-order valence-electron chi connectivity index (χ0n) is 10.8. The number of anilines is 1. The van der Waals surface area contributed by atoms with Crippen LogP contribution in [0.1, 0.15) is 25.8 Å². The smallest absolute Gasteiger partial charge is 0.228 e. The van der Waals surface area contributed by atoms with Crippen LogP contribution >= 0.6 is 15.9 Å². The van der Waals surface area contributed by atoms with Crippen molar-refractivity contribution in [3.63, 3.8) is 0 Å². The summed E-state index contributed by atoms with van der Waals surface area (Å²) in [5.74, 6) is -0.793. The van der Waals surface area contributed by atoms with Crippen LogP contribution in [0.5, 0.6) is 0 Å². The molecular formula is C14H14BrNO3. The fourth-order valence-electron chi connectivity index (χ4n) is 2.42. The summed E-state index contributed by atoms with van der Waals surface area (Å²) in [5, 5.41) is 0. The lowest BCUT2D eigenvalue weighted by atomic mass is 9.97. The van der Waals surface area contributed by atoms with Crippen molar-refractivity contribution in [1.29, 1.82) is 0 Å². The Kier molecular flexibility index (Phi) is 3.85. The standard InChI is InChI=1S/C14H14BrNO3/c1-8(17)14(9(2)18)16-12-5-4-11(15)7-10(12)3-6-13(16)19/h4-5,7,14H,3,6H2,1-2H3. The third-order valence-electron chi connectivity index (χ3n) is 3.21. The molecule has 0 fully saturated rings. The lowest BCUT2D eigenvalue weighted by Gasteiger charge is -2.33. The van der Waals surface area contributed by atoms with Crippen LogP contribution in [0.25, 0.3) is 0 Å². The van der Waals surface area contributed by atoms with Gasteiger partial charge in [-0.25, -0.2) is 0 Å². The molecule has 19 heavy (non-hydrogen) atoms. The minimum atomic E-state index is -1.01. The molecule has 1 heterocycles. The Labute approximate surface area is 119 Å². The van der Waals surface area contributed by atoms with E-state index in [9.17, 15) is 14.4 Å². The molecule has 0 saturated heterocycles. The predicted octanol–water partition coefficient (Wildman–Crippen LogP) is 2.27. The van der Waals surface area contributed by atoms with Crippen LogP contribution in [0.3, 0.4) is 0 Å². The maximum Gasteiger partial charge on any atom is 0.228 e. The van der Waals surface area contributed by atoms with Gasteiger partial charge in [-0.3, -0.25) is 19.3 Å². The Morgan fingerprint density at radius 1 is 1.21 bits per heavy atom. The number of halogens is 1. The zero-order chi connectivity index (χ0) is 14.2. The fourth-order valence-corrected chi connectivity index (χ4v) is 2.83. The molecule has 1 aromatic rings. The summed E-state index contributed by atoms with van der Waals surface area (Å²) in [7, 11) is 0. The van der Waals surface area contributed by atoms with Gasteiger partial charge in [-0.15, -0.1) is 0 Å². The van der Waals surface area contributed by atoms with E-state index in [4.69, 9.17) is 0 Å². The highest BCUT2D eigenvalue weighted by Gasteiger charge is 2.35. The van der Waals surface area contributed by atoms with Crippen LogP contribution in [0, 0.1) is 0 Å². The second-order valence-electron chi connectivity index (χ2n) is 4.66. The quantitative estimate of drug-likeness (QED) is 0.802. The average Bonchev–Trinajstić information content (AvgIpc) is 2.31. The monoisotopic (exact) mass is 323 g/mol. The molecule has 0 spiro atoms. The molecule has 0 unspecified atom stereocenters. The first-order chi connectivity index (χ1) is 8.91. The fraction of sp³-hybridized carbons (Fsp3) is 0.357. The third kappa shape index (κ3) is 2.61. The molecule has 0 radical (unpaired) electrons.